The van der Waals surface area contributed by atoms with Gasteiger partial charge in [0.15, 0.2) is 5.65 Å². The van der Waals surface area contributed by atoms with Gasteiger partial charge in [0, 0.05) is 37.4 Å². The Balaban J connectivity index is 1.65. The molecular formula is C21H25N5. The summed E-state index contributed by atoms with van der Waals surface area (Å²) in [5.74, 6) is 0. The van der Waals surface area contributed by atoms with E-state index >= 15 is 0 Å². The second kappa shape index (κ2) is 6.92. The standard InChI is InChI=1S/C21H25N5/c1-4-18-7-9-21-22-15-20(26(21)23-18)17-6-8-19(16(3)14-17)25-12-10-24(5-2)11-13-25/h4,6-9,14-15H,1,5,10-13H2,2-3H3. The number of fused-ring (bicyclic) bond motifs is 1. The molecule has 134 valence electrons. The van der Waals surface area contributed by atoms with Crippen LogP contribution in [0.4, 0.5) is 5.69 Å². The SMILES string of the molecule is C=Cc1ccc2ncc(-c3ccc(N4CCN(CC)CC4)c(C)c3)n2n1. The Morgan fingerprint density at radius 2 is 1.92 bits per heavy atom. The third-order valence-corrected chi connectivity index (χ3v) is 5.24. The lowest BCUT2D eigenvalue weighted by Gasteiger charge is -2.36. The highest BCUT2D eigenvalue weighted by Gasteiger charge is 2.18. The second-order valence-electron chi connectivity index (χ2n) is 6.80. The maximum absolute atomic E-state index is 4.61. The van der Waals surface area contributed by atoms with Crippen LogP contribution >= 0.6 is 0 Å². The number of rotatable bonds is 4. The zero-order valence-electron chi connectivity index (χ0n) is 15.5. The van der Waals surface area contributed by atoms with Crippen molar-refractivity contribution in [2.45, 2.75) is 13.8 Å². The molecule has 0 atom stereocenters. The van der Waals surface area contributed by atoms with Crippen LogP contribution < -0.4 is 4.90 Å². The fourth-order valence-electron chi connectivity index (χ4n) is 3.67. The van der Waals surface area contributed by atoms with Gasteiger partial charge in [0.1, 0.15) is 0 Å². The summed E-state index contributed by atoms with van der Waals surface area (Å²) in [5.41, 5.74) is 6.47. The molecule has 1 aliphatic rings. The Hall–Kier alpha value is -2.66. The van der Waals surface area contributed by atoms with E-state index in [1.54, 1.807) is 6.08 Å². The van der Waals surface area contributed by atoms with Crippen molar-refractivity contribution in [1.82, 2.24) is 19.5 Å². The van der Waals surface area contributed by atoms with Gasteiger partial charge in [-0.3, -0.25) is 0 Å². The summed E-state index contributed by atoms with van der Waals surface area (Å²) in [6, 6.07) is 10.6. The molecule has 0 unspecified atom stereocenters. The number of aromatic nitrogens is 3. The Morgan fingerprint density at radius 1 is 1.12 bits per heavy atom. The van der Waals surface area contributed by atoms with Gasteiger partial charge in [-0.2, -0.15) is 5.10 Å². The van der Waals surface area contributed by atoms with Gasteiger partial charge in [0.25, 0.3) is 0 Å². The number of piperazine rings is 1. The van der Waals surface area contributed by atoms with Crippen molar-refractivity contribution in [2.75, 3.05) is 37.6 Å². The fraction of sp³-hybridized carbons (Fsp3) is 0.333. The molecule has 5 heteroatoms. The summed E-state index contributed by atoms with van der Waals surface area (Å²) in [4.78, 5) is 9.48. The van der Waals surface area contributed by atoms with Crippen LogP contribution in [0.5, 0.6) is 0 Å². The maximum Gasteiger partial charge on any atom is 0.154 e. The topological polar surface area (TPSA) is 36.7 Å². The van der Waals surface area contributed by atoms with E-state index in [2.05, 4.69) is 58.5 Å². The van der Waals surface area contributed by atoms with Crippen LogP contribution in [0, 0.1) is 6.92 Å². The predicted molar refractivity (Wildman–Crippen MR) is 108 cm³/mol. The largest absolute Gasteiger partial charge is 0.369 e. The Morgan fingerprint density at radius 3 is 2.62 bits per heavy atom. The van der Waals surface area contributed by atoms with Crippen molar-refractivity contribution in [3.63, 3.8) is 0 Å². The first-order chi connectivity index (χ1) is 12.7. The zero-order chi connectivity index (χ0) is 18.1. The zero-order valence-corrected chi connectivity index (χ0v) is 15.5. The van der Waals surface area contributed by atoms with Crippen LogP contribution in [0.1, 0.15) is 18.2 Å². The molecule has 1 aromatic carbocycles. The van der Waals surface area contributed by atoms with E-state index in [-0.39, 0.29) is 0 Å². The first kappa shape index (κ1) is 16.8. The van der Waals surface area contributed by atoms with Crippen LogP contribution in [0.2, 0.25) is 0 Å². The molecule has 0 bridgehead atoms. The van der Waals surface area contributed by atoms with Crippen LogP contribution in [0.3, 0.4) is 0 Å². The van der Waals surface area contributed by atoms with Gasteiger partial charge in [-0.25, -0.2) is 9.50 Å². The van der Waals surface area contributed by atoms with Gasteiger partial charge < -0.3 is 9.80 Å². The minimum Gasteiger partial charge on any atom is -0.369 e. The van der Waals surface area contributed by atoms with Crippen LogP contribution in [-0.2, 0) is 0 Å². The maximum atomic E-state index is 4.61. The molecule has 0 spiro atoms. The molecule has 1 aliphatic heterocycles. The number of benzene rings is 1. The lowest BCUT2D eigenvalue weighted by Crippen LogP contribution is -2.46. The number of anilines is 1. The van der Waals surface area contributed by atoms with Crippen LogP contribution in [-0.4, -0.2) is 52.2 Å². The normalized spacial score (nSPS) is 15.5. The van der Waals surface area contributed by atoms with Crippen molar-refractivity contribution in [3.05, 3.63) is 54.4 Å². The molecule has 0 N–H and O–H groups in total. The van der Waals surface area contributed by atoms with Gasteiger partial charge in [-0.1, -0.05) is 19.6 Å². The minimum absolute atomic E-state index is 0.846. The average Bonchev–Trinajstić information content (AvgIpc) is 3.11. The van der Waals surface area contributed by atoms with Crippen molar-refractivity contribution in [3.8, 4) is 11.3 Å². The Bertz CT molecular complexity index is 935. The van der Waals surface area contributed by atoms with Crippen molar-refractivity contribution >= 4 is 17.4 Å². The number of hydrogen-bond acceptors (Lipinski definition) is 4. The first-order valence-electron chi connectivity index (χ1n) is 9.25. The fourth-order valence-corrected chi connectivity index (χ4v) is 3.67. The summed E-state index contributed by atoms with van der Waals surface area (Å²) in [6.45, 7) is 13.8. The van der Waals surface area contributed by atoms with Crippen LogP contribution in [0.15, 0.2) is 43.1 Å². The average molecular weight is 347 g/mol. The van der Waals surface area contributed by atoms with E-state index in [0.717, 1.165) is 55.3 Å². The Kier molecular flexibility index (Phi) is 4.47. The lowest BCUT2D eigenvalue weighted by atomic mass is 10.1. The number of likely N-dealkylation sites (N-methyl/N-ethyl adjacent to an activating group) is 1. The molecule has 5 nitrogen and oxygen atoms in total. The molecule has 1 saturated heterocycles. The molecule has 0 saturated carbocycles. The Labute approximate surface area is 154 Å². The molecule has 0 aliphatic carbocycles. The van der Waals surface area contributed by atoms with Crippen LogP contribution in [0.25, 0.3) is 23.0 Å². The summed E-state index contributed by atoms with van der Waals surface area (Å²) in [7, 11) is 0. The lowest BCUT2D eigenvalue weighted by molar-refractivity contribution is 0.271. The highest BCUT2D eigenvalue weighted by Crippen LogP contribution is 2.28. The molecule has 4 rings (SSSR count). The van der Waals surface area contributed by atoms with Crippen molar-refractivity contribution in [2.24, 2.45) is 0 Å². The third-order valence-electron chi connectivity index (χ3n) is 5.24. The number of nitrogens with zero attached hydrogens (tertiary/aromatic N) is 5. The van der Waals surface area contributed by atoms with E-state index in [4.69, 9.17) is 0 Å². The predicted octanol–water partition coefficient (Wildman–Crippen LogP) is 3.49. The van der Waals surface area contributed by atoms with E-state index < -0.39 is 0 Å². The van der Waals surface area contributed by atoms with Gasteiger partial charge in [0.2, 0.25) is 0 Å². The molecule has 0 radical (unpaired) electrons. The number of imidazole rings is 1. The molecule has 26 heavy (non-hydrogen) atoms. The van der Waals surface area contributed by atoms with Gasteiger partial charge >= 0.3 is 0 Å². The van der Waals surface area contributed by atoms with E-state index in [1.165, 1.54) is 11.3 Å². The monoisotopic (exact) mass is 347 g/mol. The summed E-state index contributed by atoms with van der Waals surface area (Å²) in [5, 5.41) is 4.61. The summed E-state index contributed by atoms with van der Waals surface area (Å²) in [6.07, 6.45) is 3.65. The molecule has 1 fully saturated rings. The number of hydrogen-bond donors (Lipinski definition) is 0. The van der Waals surface area contributed by atoms with E-state index in [0.29, 0.717) is 0 Å². The summed E-state index contributed by atoms with van der Waals surface area (Å²) < 4.78 is 1.89. The number of aryl methyl sites for hydroxylation is 1. The highest BCUT2D eigenvalue weighted by molar-refractivity contribution is 5.68. The molecule has 2 aromatic heterocycles. The molecule has 3 heterocycles. The van der Waals surface area contributed by atoms with Gasteiger partial charge in [0.05, 0.1) is 17.6 Å². The quantitative estimate of drug-likeness (QED) is 0.724. The van der Waals surface area contributed by atoms with Crippen molar-refractivity contribution < 1.29 is 0 Å². The highest BCUT2D eigenvalue weighted by atomic mass is 15.3. The van der Waals surface area contributed by atoms with E-state index in [1.807, 2.05) is 22.8 Å². The second-order valence-corrected chi connectivity index (χ2v) is 6.80. The molecule has 3 aromatic rings. The van der Waals surface area contributed by atoms with E-state index in [9.17, 15) is 0 Å². The first-order valence-corrected chi connectivity index (χ1v) is 9.25. The van der Waals surface area contributed by atoms with Gasteiger partial charge in [-0.15, -0.1) is 0 Å². The smallest absolute Gasteiger partial charge is 0.154 e. The minimum atomic E-state index is 0.846. The van der Waals surface area contributed by atoms with Gasteiger partial charge in [-0.05, 0) is 49.4 Å². The summed E-state index contributed by atoms with van der Waals surface area (Å²) >= 11 is 0. The molecular weight excluding hydrogens is 322 g/mol. The molecule has 0 amide bonds. The van der Waals surface area contributed by atoms with Crippen molar-refractivity contribution in [1.29, 1.82) is 0 Å². The third kappa shape index (κ3) is 2.99.